The van der Waals surface area contributed by atoms with Gasteiger partial charge in [-0.3, -0.25) is 19.6 Å². The van der Waals surface area contributed by atoms with E-state index in [4.69, 9.17) is 4.74 Å². The zero-order valence-electron chi connectivity index (χ0n) is 16.5. The number of carbonyl (C=O) groups excluding carboxylic acids is 2. The van der Waals surface area contributed by atoms with Crippen molar-refractivity contribution in [1.29, 1.82) is 0 Å². The number of rotatable bonds is 5. The van der Waals surface area contributed by atoms with Crippen molar-refractivity contribution in [2.24, 2.45) is 10.9 Å². The Kier molecular flexibility index (Phi) is 5.65. The second-order valence-electron chi connectivity index (χ2n) is 7.50. The molecule has 4 rings (SSSR count). The van der Waals surface area contributed by atoms with Crippen LogP contribution in [0.3, 0.4) is 0 Å². The van der Waals surface area contributed by atoms with Crippen molar-refractivity contribution in [2.75, 3.05) is 6.61 Å². The monoisotopic (exact) mass is 388 g/mol. The first kappa shape index (κ1) is 19.2. The summed E-state index contributed by atoms with van der Waals surface area (Å²) >= 11 is 0. The number of ketones is 1. The minimum Gasteiger partial charge on any atom is -0.465 e. The van der Waals surface area contributed by atoms with Gasteiger partial charge in [-0.25, -0.2) is 0 Å². The maximum Gasteiger partial charge on any atom is 0.315 e. The zero-order valence-corrected chi connectivity index (χ0v) is 16.5. The molecule has 2 heterocycles. The average Bonchev–Trinajstić information content (AvgIpc) is 2.74. The van der Waals surface area contributed by atoms with Crippen LogP contribution in [0.5, 0.6) is 0 Å². The Balaban J connectivity index is 1.60. The summed E-state index contributed by atoms with van der Waals surface area (Å²) in [5, 5.41) is 0. The van der Waals surface area contributed by atoms with Gasteiger partial charge in [-0.1, -0.05) is 36.4 Å². The molecule has 29 heavy (non-hydrogen) atoms. The van der Waals surface area contributed by atoms with E-state index in [2.05, 4.69) is 9.98 Å². The molecule has 5 heteroatoms. The van der Waals surface area contributed by atoms with Gasteiger partial charge in [-0.2, -0.15) is 0 Å². The van der Waals surface area contributed by atoms with Crippen molar-refractivity contribution in [3.8, 4) is 0 Å². The van der Waals surface area contributed by atoms with Gasteiger partial charge in [-0.05, 0) is 37.5 Å². The molecule has 2 atom stereocenters. The van der Waals surface area contributed by atoms with Crippen LogP contribution in [0.4, 0.5) is 0 Å². The number of aliphatic imine (C=N–C) groups is 1. The fourth-order valence-corrected chi connectivity index (χ4v) is 4.20. The highest BCUT2D eigenvalue weighted by Crippen LogP contribution is 2.42. The molecule has 0 fully saturated rings. The summed E-state index contributed by atoms with van der Waals surface area (Å²) in [6.45, 7) is 2.14. The third kappa shape index (κ3) is 4.04. The number of Topliss-reactive ketones (excluding diaryl/α,β-unsaturated/α-hetero) is 1. The summed E-state index contributed by atoms with van der Waals surface area (Å²) in [5.41, 5.74) is 3.98. The molecule has 0 spiro atoms. The molecule has 0 saturated carbocycles. The lowest BCUT2D eigenvalue weighted by molar-refractivity contribution is -0.146. The smallest absolute Gasteiger partial charge is 0.315 e. The van der Waals surface area contributed by atoms with Crippen molar-refractivity contribution in [1.82, 2.24) is 4.98 Å². The molecule has 1 aromatic heterocycles. The lowest BCUT2D eigenvalue weighted by Gasteiger charge is -2.33. The molecule has 0 amide bonds. The van der Waals surface area contributed by atoms with Crippen LogP contribution in [0.15, 0.2) is 71.0 Å². The van der Waals surface area contributed by atoms with Crippen molar-refractivity contribution in [3.63, 3.8) is 0 Å². The molecule has 0 bridgehead atoms. The number of carbonyl (C=O) groups is 2. The van der Waals surface area contributed by atoms with Crippen LogP contribution in [0.2, 0.25) is 0 Å². The van der Waals surface area contributed by atoms with E-state index in [0.29, 0.717) is 30.7 Å². The standard InChI is InChI=1S/C24H24N2O3/c1-16-21(24(28)29-15-13-17-8-3-2-4-9-17)23(18-10-5-6-14-25-18)22-19(26-16)11-7-12-20(22)27/h2-6,8-10,14,21,23H,7,11-13,15H2,1H3/t21?,23-/m1/s1. The number of pyridine rings is 1. The van der Waals surface area contributed by atoms with Gasteiger partial charge in [0.05, 0.1) is 12.5 Å². The quantitative estimate of drug-likeness (QED) is 0.725. The lowest BCUT2D eigenvalue weighted by Crippen LogP contribution is -2.37. The van der Waals surface area contributed by atoms with Gasteiger partial charge in [0, 0.05) is 41.7 Å². The molecule has 1 unspecified atom stereocenters. The van der Waals surface area contributed by atoms with Crippen LogP contribution in [-0.4, -0.2) is 29.1 Å². The van der Waals surface area contributed by atoms with Crippen molar-refractivity contribution < 1.29 is 14.3 Å². The number of allylic oxidation sites excluding steroid dienone is 2. The minimum absolute atomic E-state index is 0.0697. The molecule has 5 nitrogen and oxygen atoms in total. The molecule has 1 aliphatic heterocycles. The first-order valence-electron chi connectivity index (χ1n) is 10.1. The molecule has 1 aromatic carbocycles. The van der Waals surface area contributed by atoms with Crippen LogP contribution in [0.25, 0.3) is 0 Å². The van der Waals surface area contributed by atoms with Gasteiger partial charge < -0.3 is 4.74 Å². The fourth-order valence-electron chi connectivity index (χ4n) is 4.20. The SMILES string of the molecule is CC1=NC2=C(C(=O)CCC2)[C@H](c2ccccn2)C1C(=O)OCCc1ccccc1. The Labute approximate surface area is 170 Å². The Hall–Kier alpha value is -3.08. The summed E-state index contributed by atoms with van der Waals surface area (Å²) in [7, 11) is 0. The first-order chi connectivity index (χ1) is 14.1. The number of hydrogen-bond donors (Lipinski definition) is 0. The van der Waals surface area contributed by atoms with Crippen LogP contribution in [0.1, 0.15) is 43.4 Å². The highest BCUT2D eigenvalue weighted by atomic mass is 16.5. The second kappa shape index (κ2) is 8.52. The van der Waals surface area contributed by atoms with Crippen molar-refractivity contribution in [2.45, 2.75) is 38.5 Å². The Bertz CT molecular complexity index is 964. The van der Waals surface area contributed by atoms with Gasteiger partial charge in [0.25, 0.3) is 0 Å². The van der Waals surface area contributed by atoms with Crippen molar-refractivity contribution in [3.05, 3.63) is 77.3 Å². The van der Waals surface area contributed by atoms with E-state index >= 15 is 0 Å². The lowest BCUT2D eigenvalue weighted by atomic mass is 9.73. The molecule has 2 aliphatic rings. The number of aromatic nitrogens is 1. The molecule has 0 radical (unpaired) electrons. The second-order valence-corrected chi connectivity index (χ2v) is 7.50. The predicted molar refractivity (Wildman–Crippen MR) is 111 cm³/mol. The fraction of sp³-hybridized carbons (Fsp3) is 0.333. The number of hydrogen-bond acceptors (Lipinski definition) is 5. The molecular weight excluding hydrogens is 364 g/mol. The first-order valence-corrected chi connectivity index (χ1v) is 10.1. The molecule has 148 valence electrons. The summed E-state index contributed by atoms with van der Waals surface area (Å²) in [6, 6.07) is 15.5. The molecule has 2 aromatic rings. The summed E-state index contributed by atoms with van der Waals surface area (Å²) in [5.74, 6) is -1.33. The molecule has 0 saturated heterocycles. The van der Waals surface area contributed by atoms with Gasteiger partial charge in [0.2, 0.25) is 0 Å². The highest BCUT2D eigenvalue weighted by Gasteiger charge is 2.43. The maximum atomic E-state index is 13.1. The summed E-state index contributed by atoms with van der Waals surface area (Å²) in [4.78, 5) is 35.0. The van der Waals surface area contributed by atoms with E-state index in [1.807, 2.05) is 55.5 Å². The molecular formula is C24H24N2O3. The number of nitrogens with zero attached hydrogens (tertiary/aromatic N) is 2. The summed E-state index contributed by atoms with van der Waals surface area (Å²) in [6.07, 6.45) is 4.40. The topological polar surface area (TPSA) is 68.6 Å². The van der Waals surface area contributed by atoms with Gasteiger partial charge in [0.15, 0.2) is 5.78 Å². The van der Waals surface area contributed by atoms with Gasteiger partial charge in [-0.15, -0.1) is 0 Å². The zero-order chi connectivity index (χ0) is 20.2. The minimum atomic E-state index is -0.624. The highest BCUT2D eigenvalue weighted by molar-refractivity contribution is 6.08. The van der Waals surface area contributed by atoms with E-state index in [9.17, 15) is 9.59 Å². The maximum absolute atomic E-state index is 13.1. The normalized spacial score (nSPS) is 21.4. The number of ether oxygens (including phenoxy) is 1. The third-order valence-corrected chi connectivity index (χ3v) is 5.57. The number of esters is 1. The predicted octanol–water partition coefficient (Wildman–Crippen LogP) is 4.05. The van der Waals surface area contributed by atoms with Crippen LogP contribution in [0, 0.1) is 5.92 Å². The van der Waals surface area contributed by atoms with E-state index < -0.39 is 11.8 Å². The van der Waals surface area contributed by atoms with E-state index in [0.717, 1.165) is 29.8 Å². The Morgan fingerprint density at radius 1 is 1.10 bits per heavy atom. The van der Waals surface area contributed by atoms with Crippen LogP contribution < -0.4 is 0 Å². The van der Waals surface area contributed by atoms with Crippen LogP contribution in [-0.2, 0) is 20.7 Å². The van der Waals surface area contributed by atoms with Crippen LogP contribution >= 0.6 is 0 Å². The summed E-state index contributed by atoms with van der Waals surface area (Å²) < 4.78 is 5.64. The van der Waals surface area contributed by atoms with Crippen molar-refractivity contribution >= 4 is 17.5 Å². The molecule has 1 aliphatic carbocycles. The number of benzene rings is 1. The van der Waals surface area contributed by atoms with Gasteiger partial charge >= 0.3 is 5.97 Å². The van der Waals surface area contributed by atoms with E-state index in [1.54, 1.807) is 6.20 Å². The van der Waals surface area contributed by atoms with Gasteiger partial charge in [0.1, 0.15) is 5.92 Å². The molecule has 0 N–H and O–H groups in total. The third-order valence-electron chi connectivity index (χ3n) is 5.57. The Morgan fingerprint density at radius 2 is 1.90 bits per heavy atom. The van der Waals surface area contributed by atoms with E-state index in [-0.39, 0.29) is 11.8 Å². The van der Waals surface area contributed by atoms with E-state index in [1.165, 1.54) is 0 Å². The Morgan fingerprint density at radius 3 is 2.66 bits per heavy atom. The largest absolute Gasteiger partial charge is 0.465 e. The average molecular weight is 388 g/mol.